The Labute approximate surface area is 75.6 Å². The van der Waals surface area contributed by atoms with Crippen molar-refractivity contribution >= 4 is 10.2 Å². The van der Waals surface area contributed by atoms with Gasteiger partial charge in [-0.25, -0.2) is 0 Å². The summed E-state index contributed by atoms with van der Waals surface area (Å²) in [5.41, 5.74) is 0.266. The van der Waals surface area contributed by atoms with E-state index in [0.717, 1.165) is 0 Å². The maximum atomic E-state index is 12.2. The maximum absolute atomic E-state index is 12.2. The molecular formula is C7H8FNO3S. The van der Waals surface area contributed by atoms with Crippen molar-refractivity contribution in [1.29, 1.82) is 0 Å². The van der Waals surface area contributed by atoms with E-state index in [1.54, 1.807) is 0 Å². The molecule has 4 nitrogen and oxygen atoms in total. The number of aromatic nitrogens is 1. The summed E-state index contributed by atoms with van der Waals surface area (Å²) >= 11 is 0. The molecule has 0 unspecified atom stereocenters. The van der Waals surface area contributed by atoms with Crippen molar-refractivity contribution < 1.29 is 17.0 Å². The number of nitrogens with zero attached hydrogens (tertiary/aromatic N) is 1. The lowest BCUT2D eigenvalue weighted by atomic mass is 10.3. The van der Waals surface area contributed by atoms with Gasteiger partial charge < -0.3 is 4.74 Å². The van der Waals surface area contributed by atoms with Gasteiger partial charge in [-0.15, -0.1) is 3.89 Å². The van der Waals surface area contributed by atoms with Gasteiger partial charge in [-0.2, -0.15) is 8.42 Å². The van der Waals surface area contributed by atoms with Crippen molar-refractivity contribution in [2.24, 2.45) is 0 Å². The Morgan fingerprint density at radius 1 is 1.54 bits per heavy atom. The second-order valence-electron chi connectivity index (χ2n) is 2.42. The van der Waals surface area contributed by atoms with Crippen LogP contribution in [0, 0.1) is 0 Å². The number of hydrogen-bond donors (Lipinski definition) is 0. The quantitative estimate of drug-likeness (QED) is 0.687. The van der Waals surface area contributed by atoms with Crippen LogP contribution in [0.5, 0.6) is 5.75 Å². The Morgan fingerprint density at radius 2 is 2.23 bits per heavy atom. The van der Waals surface area contributed by atoms with Crippen molar-refractivity contribution in [3.63, 3.8) is 0 Å². The summed E-state index contributed by atoms with van der Waals surface area (Å²) in [6.45, 7) is 0. The lowest BCUT2D eigenvalue weighted by Crippen LogP contribution is -1.97. The molecule has 0 spiro atoms. The number of pyridine rings is 1. The van der Waals surface area contributed by atoms with E-state index in [0.29, 0.717) is 5.75 Å². The Morgan fingerprint density at radius 3 is 2.77 bits per heavy atom. The monoisotopic (exact) mass is 205 g/mol. The van der Waals surface area contributed by atoms with E-state index in [4.69, 9.17) is 4.74 Å². The summed E-state index contributed by atoms with van der Waals surface area (Å²) in [5.74, 6) is -0.266. The van der Waals surface area contributed by atoms with Crippen molar-refractivity contribution in [1.82, 2.24) is 4.98 Å². The van der Waals surface area contributed by atoms with Crippen LogP contribution in [0.2, 0.25) is 0 Å². The molecule has 0 N–H and O–H groups in total. The van der Waals surface area contributed by atoms with Crippen LogP contribution in [0.4, 0.5) is 3.89 Å². The topological polar surface area (TPSA) is 56.3 Å². The van der Waals surface area contributed by atoms with Crippen LogP contribution < -0.4 is 4.74 Å². The van der Waals surface area contributed by atoms with Crippen molar-refractivity contribution in [3.8, 4) is 5.75 Å². The Hall–Kier alpha value is -1.17. The number of rotatable bonds is 3. The van der Waals surface area contributed by atoms with Crippen molar-refractivity contribution in [2.45, 2.75) is 5.75 Å². The number of methoxy groups -OCH3 is 1. The molecule has 0 aliphatic carbocycles. The Balaban J connectivity index is 2.90. The Kier molecular flexibility index (Phi) is 2.82. The molecule has 0 saturated heterocycles. The van der Waals surface area contributed by atoms with E-state index >= 15 is 0 Å². The summed E-state index contributed by atoms with van der Waals surface area (Å²) in [4.78, 5) is 3.68. The molecule has 0 aliphatic rings. The third-order valence-electron chi connectivity index (χ3n) is 1.34. The molecule has 0 aliphatic heterocycles. The third-order valence-corrected chi connectivity index (χ3v) is 2.02. The van der Waals surface area contributed by atoms with E-state index in [-0.39, 0.29) is 5.56 Å². The van der Waals surface area contributed by atoms with Crippen molar-refractivity contribution in [3.05, 3.63) is 24.0 Å². The minimum absolute atomic E-state index is 0.266. The van der Waals surface area contributed by atoms with E-state index in [1.165, 1.54) is 25.6 Å². The highest BCUT2D eigenvalue weighted by Crippen LogP contribution is 2.13. The maximum Gasteiger partial charge on any atom is 0.306 e. The fraction of sp³-hybridized carbons (Fsp3) is 0.286. The van der Waals surface area contributed by atoms with Crippen LogP contribution in [0.15, 0.2) is 18.5 Å². The average Bonchev–Trinajstić information content (AvgIpc) is 2.01. The second kappa shape index (κ2) is 3.69. The van der Waals surface area contributed by atoms with Gasteiger partial charge in [-0.1, -0.05) is 0 Å². The lowest BCUT2D eigenvalue weighted by Gasteiger charge is -2.00. The minimum Gasteiger partial charge on any atom is -0.495 e. The van der Waals surface area contributed by atoms with Gasteiger partial charge in [0.15, 0.2) is 0 Å². The zero-order valence-corrected chi connectivity index (χ0v) is 7.71. The van der Waals surface area contributed by atoms with E-state index in [1.807, 2.05) is 0 Å². The molecule has 1 rings (SSSR count). The summed E-state index contributed by atoms with van der Waals surface area (Å²) in [6.07, 6.45) is 2.69. The zero-order valence-electron chi connectivity index (χ0n) is 6.90. The van der Waals surface area contributed by atoms with E-state index in [9.17, 15) is 12.3 Å². The molecule has 0 saturated carbocycles. The molecule has 0 radical (unpaired) electrons. The molecule has 72 valence electrons. The average molecular weight is 205 g/mol. The molecule has 1 aromatic heterocycles. The largest absolute Gasteiger partial charge is 0.495 e. The SMILES string of the molecule is COc1cncc(CS(=O)(=O)F)c1. The highest BCUT2D eigenvalue weighted by molar-refractivity contribution is 7.85. The molecule has 6 heteroatoms. The lowest BCUT2D eigenvalue weighted by molar-refractivity contribution is 0.412. The number of halogens is 1. The summed E-state index contributed by atoms with van der Waals surface area (Å²) in [6, 6.07) is 1.42. The smallest absolute Gasteiger partial charge is 0.306 e. The Bertz CT molecular complexity index is 390. The second-order valence-corrected chi connectivity index (χ2v) is 3.78. The summed E-state index contributed by atoms with van der Waals surface area (Å²) in [5, 5.41) is 0. The third kappa shape index (κ3) is 3.37. The molecule has 0 amide bonds. The fourth-order valence-corrected chi connectivity index (χ4v) is 1.41. The van der Waals surface area contributed by atoms with Crippen LogP contribution in [-0.4, -0.2) is 20.5 Å². The molecule has 1 heterocycles. The van der Waals surface area contributed by atoms with Crippen molar-refractivity contribution in [2.75, 3.05) is 7.11 Å². The van der Waals surface area contributed by atoms with Gasteiger partial charge in [0.05, 0.1) is 13.3 Å². The van der Waals surface area contributed by atoms with E-state index in [2.05, 4.69) is 4.98 Å². The van der Waals surface area contributed by atoms with Gasteiger partial charge in [0, 0.05) is 6.20 Å². The van der Waals surface area contributed by atoms with Crippen LogP contribution >= 0.6 is 0 Å². The predicted octanol–water partition coefficient (Wildman–Crippen LogP) is 0.889. The van der Waals surface area contributed by atoms with E-state index < -0.39 is 16.0 Å². The normalized spacial score (nSPS) is 11.2. The molecule has 0 bridgehead atoms. The summed E-state index contributed by atoms with van der Waals surface area (Å²) < 4.78 is 37.5. The van der Waals surface area contributed by atoms with Crippen LogP contribution in [0.3, 0.4) is 0 Å². The highest BCUT2D eigenvalue weighted by atomic mass is 32.3. The van der Waals surface area contributed by atoms with Gasteiger partial charge in [-0.05, 0) is 11.6 Å². The van der Waals surface area contributed by atoms with Crippen LogP contribution in [0.1, 0.15) is 5.56 Å². The van der Waals surface area contributed by atoms with Crippen LogP contribution in [-0.2, 0) is 16.0 Å². The molecule has 0 fully saturated rings. The first-order valence-electron chi connectivity index (χ1n) is 3.41. The first-order chi connectivity index (χ1) is 6.01. The summed E-state index contributed by atoms with van der Waals surface area (Å²) in [7, 11) is -3.08. The van der Waals surface area contributed by atoms with Gasteiger partial charge >= 0.3 is 10.2 Å². The molecular weight excluding hydrogens is 197 g/mol. The molecule has 13 heavy (non-hydrogen) atoms. The van der Waals surface area contributed by atoms with Crippen LogP contribution in [0.25, 0.3) is 0 Å². The molecule has 0 atom stereocenters. The number of hydrogen-bond acceptors (Lipinski definition) is 4. The van der Waals surface area contributed by atoms with Gasteiger partial charge in [0.1, 0.15) is 11.5 Å². The van der Waals surface area contributed by atoms with Gasteiger partial charge in [-0.3, -0.25) is 4.98 Å². The molecule has 0 aromatic carbocycles. The molecule has 1 aromatic rings. The first kappa shape index (κ1) is 9.91. The minimum atomic E-state index is -4.50. The first-order valence-corrected chi connectivity index (χ1v) is 4.97. The zero-order chi connectivity index (χ0) is 9.90. The van der Waals surface area contributed by atoms with Gasteiger partial charge in [0.25, 0.3) is 0 Å². The standard InChI is InChI=1S/C7H8FNO3S/c1-12-7-2-6(3-9-4-7)5-13(8,10)11/h2-4H,5H2,1H3. The fourth-order valence-electron chi connectivity index (χ4n) is 0.853. The highest BCUT2D eigenvalue weighted by Gasteiger charge is 2.09. The predicted molar refractivity (Wildman–Crippen MR) is 44.5 cm³/mol. The van der Waals surface area contributed by atoms with Gasteiger partial charge in [0.2, 0.25) is 0 Å². The number of ether oxygens (including phenoxy) is 1.